The van der Waals surface area contributed by atoms with Crippen molar-refractivity contribution >= 4 is 11.7 Å². The van der Waals surface area contributed by atoms with Gasteiger partial charge in [-0.2, -0.15) is 0 Å². The highest BCUT2D eigenvalue weighted by Crippen LogP contribution is 2.06. The van der Waals surface area contributed by atoms with Gasteiger partial charge in [0.1, 0.15) is 5.82 Å². The minimum Gasteiger partial charge on any atom is -0.351 e. The van der Waals surface area contributed by atoms with Crippen LogP contribution in [0.25, 0.3) is 0 Å². The Morgan fingerprint density at radius 1 is 1.40 bits per heavy atom. The fourth-order valence-electron chi connectivity index (χ4n) is 1.12. The summed E-state index contributed by atoms with van der Waals surface area (Å²) in [5.41, 5.74) is 0.838. The Morgan fingerprint density at radius 3 is 2.93 bits per heavy atom. The van der Waals surface area contributed by atoms with Gasteiger partial charge in [-0.3, -0.25) is 4.79 Å². The SMILES string of the molecule is Cc1cccc(NC(=O)c2ccno2)n1. The Kier molecular flexibility index (Phi) is 2.45. The van der Waals surface area contributed by atoms with E-state index in [4.69, 9.17) is 4.52 Å². The Hall–Kier alpha value is -2.17. The maximum atomic E-state index is 11.5. The van der Waals surface area contributed by atoms with Gasteiger partial charge in [-0.15, -0.1) is 0 Å². The van der Waals surface area contributed by atoms with Crippen molar-refractivity contribution in [1.82, 2.24) is 10.1 Å². The van der Waals surface area contributed by atoms with Crippen molar-refractivity contribution in [2.75, 3.05) is 5.32 Å². The number of anilines is 1. The standard InChI is InChI=1S/C10H9N3O2/c1-7-3-2-4-9(12-7)13-10(14)8-5-6-11-15-8/h2-6H,1H3,(H,12,13,14). The number of hydrogen-bond donors (Lipinski definition) is 1. The average Bonchev–Trinajstić information content (AvgIpc) is 2.70. The van der Waals surface area contributed by atoms with E-state index in [1.165, 1.54) is 12.3 Å². The molecule has 0 aliphatic heterocycles. The molecule has 0 spiro atoms. The molecular formula is C10H9N3O2. The average molecular weight is 203 g/mol. The molecule has 2 aromatic heterocycles. The highest BCUT2D eigenvalue weighted by Gasteiger charge is 2.09. The molecule has 2 aromatic rings. The van der Waals surface area contributed by atoms with E-state index in [0.29, 0.717) is 5.82 Å². The van der Waals surface area contributed by atoms with Gasteiger partial charge in [0.05, 0.1) is 6.20 Å². The van der Waals surface area contributed by atoms with E-state index in [1.807, 2.05) is 19.1 Å². The maximum Gasteiger partial charge on any atom is 0.295 e. The smallest absolute Gasteiger partial charge is 0.295 e. The van der Waals surface area contributed by atoms with E-state index in [1.54, 1.807) is 6.07 Å². The van der Waals surface area contributed by atoms with Crippen molar-refractivity contribution in [1.29, 1.82) is 0 Å². The van der Waals surface area contributed by atoms with E-state index in [0.717, 1.165) is 5.69 Å². The van der Waals surface area contributed by atoms with Gasteiger partial charge in [0.25, 0.3) is 5.91 Å². The topological polar surface area (TPSA) is 68.0 Å². The maximum absolute atomic E-state index is 11.5. The number of nitrogens with one attached hydrogen (secondary N) is 1. The van der Waals surface area contributed by atoms with E-state index in [-0.39, 0.29) is 11.7 Å². The summed E-state index contributed by atoms with van der Waals surface area (Å²) in [4.78, 5) is 15.6. The molecule has 15 heavy (non-hydrogen) atoms. The van der Waals surface area contributed by atoms with Crippen molar-refractivity contribution in [2.45, 2.75) is 6.92 Å². The molecule has 0 atom stereocenters. The monoisotopic (exact) mass is 203 g/mol. The summed E-state index contributed by atoms with van der Waals surface area (Å²) in [5, 5.41) is 6.05. The molecule has 76 valence electrons. The predicted molar refractivity (Wildman–Crippen MR) is 53.4 cm³/mol. The fraction of sp³-hybridized carbons (Fsp3) is 0.100. The van der Waals surface area contributed by atoms with Crippen LogP contribution in [0.2, 0.25) is 0 Å². The number of carbonyl (C=O) groups excluding carboxylic acids is 1. The highest BCUT2D eigenvalue weighted by atomic mass is 16.5. The summed E-state index contributed by atoms with van der Waals surface area (Å²) in [5.74, 6) is 0.306. The summed E-state index contributed by atoms with van der Waals surface area (Å²) in [7, 11) is 0. The van der Waals surface area contributed by atoms with Crippen molar-refractivity contribution in [3.63, 3.8) is 0 Å². The van der Waals surface area contributed by atoms with Gasteiger partial charge in [-0.25, -0.2) is 4.98 Å². The van der Waals surface area contributed by atoms with E-state index in [9.17, 15) is 4.79 Å². The zero-order valence-electron chi connectivity index (χ0n) is 8.10. The largest absolute Gasteiger partial charge is 0.351 e. The van der Waals surface area contributed by atoms with Crippen LogP contribution in [0.4, 0.5) is 5.82 Å². The molecule has 0 fully saturated rings. The number of amides is 1. The highest BCUT2D eigenvalue weighted by molar-refractivity contribution is 6.01. The van der Waals surface area contributed by atoms with Crippen LogP contribution >= 0.6 is 0 Å². The van der Waals surface area contributed by atoms with E-state index >= 15 is 0 Å². The number of hydrogen-bond acceptors (Lipinski definition) is 4. The second-order valence-corrected chi connectivity index (χ2v) is 3.00. The number of pyridine rings is 1. The third-order valence-electron chi connectivity index (χ3n) is 1.79. The molecule has 0 aliphatic rings. The second-order valence-electron chi connectivity index (χ2n) is 3.00. The molecule has 0 unspecified atom stereocenters. The number of carbonyl (C=O) groups is 1. The Balaban J connectivity index is 2.13. The molecule has 0 aliphatic carbocycles. The number of aromatic nitrogens is 2. The minimum atomic E-state index is -0.356. The first kappa shape index (κ1) is 9.39. The third kappa shape index (κ3) is 2.19. The van der Waals surface area contributed by atoms with Crippen LogP contribution in [0.5, 0.6) is 0 Å². The molecule has 1 amide bonds. The molecule has 0 saturated heterocycles. The van der Waals surface area contributed by atoms with Gasteiger partial charge >= 0.3 is 0 Å². The van der Waals surface area contributed by atoms with Gasteiger partial charge in [0.2, 0.25) is 5.76 Å². The lowest BCUT2D eigenvalue weighted by molar-refractivity contribution is 0.0987. The summed E-state index contributed by atoms with van der Waals surface area (Å²) >= 11 is 0. The first-order valence-corrected chi connectivity index (χ1v) is 4.41. The number of aryl methyl sites for hydroxylation is 1. The van der Waals surface area contributed by atoms with Crippen LogP contribution in [0.1, 0.15) is 16.2 Å². The fourth-order valence-corrected chi connectivity index (χ4v) is 1.12. The van der Waals surface area contributed by atoms with Crippen LogP contribution < -0.4 is 5.32 Å². The van der Waals surface area contributed by atoms with Crippen LogP contribution in [0.15, 0.2) is 35.0 Å². The molecule has 1 N–H and O–H groups in total. The van der Waals surface area contributed by atoms with Crippen LogP contribution in [-0.2, 0) is 0 Å². The minimum absolute atomic E-state index is 0.165. The van der Waals surface area contributed by atoms with Gasteiger partial charge in [-0.05, 0) is 19.1 Å². The van der Waals surface area contributed by atoms with Crippen molar-refractivity contribution in [3.8, 4) is 0 Å². The molecule has 2 heterocycles. The molecule has 5 heteroatoms. The van der Waals surface area contributed by atoms with Crippen LogP contribution in [0, 0.1) is 6.92 Å². The second kappa shape index (κ2) is 3.91. The van der Waals surface area contributed by atoms with Crippen LogP contribution in [0.3, 0.4) is 0 Å². The molecular weight excluding hydrogens is 194 g/mol. The lowest BCUT2D eigenvalue weighted by Crippen LogP contribution is -2.12. The summed E-state index contributed by atoms with van der Waals surface area (Å²) in [6, 6.07) is 6.87. The molecule has 0 radical (unpaired) electrons. The number of rotatable bonds is 2. The van der Waals surface area contributed by atoms with Gasteiger partial charge < -0.3 is 9.84 Å². The molecule has 0 bridgehead atoms. The van der Waals surface area contributed by atoms with Crippen LogP contribution in [-0.4, -0.2) is 16.0 Å². The molecule has 5 nitrogen and oxygen atoms in total. The first-order valence-electron chi connectivity index (χ1n) is 4.41. The lowest BCUT2D eigenvalue weighted by Gasteiger charge is -2.01. The zero-order valence-corrected chi connectivity index (χ0v) is 8.10. The molecule has 2 rings (SSSR count). The van der Waals surface area contributed by atoms with Gasteiger partial charge in [-0.1, -0.05) is 11.2 Å². The van der Waals surface area contributed by atoms with Gasteiger partial charge in [0, 0.05) is 11.8 Å². The number of nitrogens with zero attached hydrogens (tertiary/aromatic N) is 2. The molecule has 0 aromatic carbocycles. The van der Waals surface area contributed by atoms with E-state index in [2.05, 4.69) is 15.5 Å². The zero-order chi connectivity index (χ0) is 10.7. The predicted octanol–water partition coefficient (Wildman–Crippen LogP) is 1.63. The summed E-state index contributed by atoms with van der Waals surface area (Å²) < 4.78 is 4.71. The van der Waals surface area contributed by atoms with Gasteiger partial charge in [0.15, 0.2) is 0 Å². The molecule has 0 saturated carbocycles. The van der Waals surface area contributed by atoms with E-state index < -0.39 is 0 Å². The Morgan fingerprint density at radius 2 is 2.27 bits per heavy atom. The normalized spacial score (nSPS) is 9.93. The Labute approximate surface area is 86.1 Å². The quantitative estimate of drug-likeness (QED) is 0.805. The third-order valence-corrected chi connectivity index (χ3v) is 1.79. The van der Waals surface area contributed by atoms with Crippen molar-refractivity contribution in [3.05, 3.63) is 41.9 Å². The Bertz CT molecular complexity index is 465. The van der Waals surface area contributed by atoms with Crippen molar-refractivity contribution < 1.29 is 9.32 Å². The lowest BCUT2D eigenvalue weighted by atomic mass is 10.3. The summed E-state index contributed by atoms with van der Waals surface area (Å²) in [6.45, 7) is 1.85. The first-order chi connectivity index (χ1) is 7.25. The van der Waals surface area contributed by atoms with Crippen molar-refractivity contribution in [2.24, 2.45) is 0 Å². The summed E-state index contributed by atoms with van der Waals surface area (Å²) in [6.07, 6.45) is 1.42.